The predicted molar refractivity (Wildman–Crippen MR) is 150 cm³/mol. The van der Waals surface area contributed by atoms with Crippen molar-refractivity contribution in [3.05, 3.63) is 70.4 Å². The average Bonchev–Trinajstić information content (AvgIpc) is 3.46. The standard InChI is InChI=1S/C28H35BrN2O7S/c1-36-24-10-12-25(13-11-24)39(34,35)31(14-16-32)15-17-37-27-19-21(20-6-8-22(29)9-7-20)18-26(38-27)28(33)30-23-4-2-3-5-23/h6-13,18,21,23,27,32H,2-5,14-17,19H2,1H3,(H,30,33)/t21-,27+/m1/s1. The SMILES string of the molecule is COc1ccc(S(=O)(=O)N(CCO)CCO[C@@H]2C[C@H](c3ccc(Br)cc3)C=C(C(=O)NC3CCCC3)O2)cc1. The number of nitrogens with zero attached hydrogens (tertiary/aromatic N) is 1. The highest BCUT2D eigenvalue weighted by Gasteiger charge is 2.31. The number of benzene rings is 2. The largest absolute Gasteiger partial charge is 0.497 e. The number of aliphatic hydroxyl groups is 1. The molecule has 2 aromatic carbocycles. The molecule has 0 bridgehead atoms. The molecule has 0 radical (unpaired) electrons. The Bertz CT molecular complexity index is 1230. The molecule has 1 fully saturated rings. The van der Waals surface area contributed by atoms with Crippen LogP contribution < -0.4 is 10.1 Å². The number of allylic oxidation sites excluding steroid dienone is 1. The first kappa shape index (κ1) is 29.5. The van der Waals surface area contributed by atoms with Gasteiger partial charge in [-0.1, -0.05) is 40.9 Å². The molecule has 0 saturated heterocycles. The normalized spacial score (nSPS) is 19.9. The van der Waals surface area contributed by atoms with Crippen LogP contribution in [-0.2, 0) is 24.3 Å². The number of aliphatic hydroxyl groups excluding tert-OH is 1. The number of halogens is 1. The molecule has 1 aliphatic carbocycles. The van der Waals surface area contributed by atoms with E-state index >= 15 is 0 Å². The van der Waals surface area contributed by atoms with E-state index in [0.717, 1.165) is 35.7 Å². The van der Waals surface area contributed by atoms with Crippen LogP contribution in [-0.4, -0.2) is 69.5 Å². The number of hydrogen-bond donors (Lipinski definition) is 2. The van der Waals surface area contributed by atoms with Crippen LogP contribution in [0.1, 0.15) is 43.6 Å². The summed E-state index contributed by atoms with van der Waals surface area (Å²) in [7, 11) is -2.36. The lowest BCUT2D eigenvalue weighted by molar-refractivity contribution is -0.146. The molecule has 39 heavy (non-hydrogen) atoms. The van der Waals surface area contributed by atoms with Crippen LogP contribution in [0, 0.1) is 0 Å². The summed E-state index contributed by atoms with van der Waals surface area (Å²) in [6.07, 6.45) is 5.67. The fourth-order valence-electron chi connectivity index (χ4n) is 4.83. The van der Waals surface area contributed by atoms with Gasteiger partial charge in [0.2, 0.25) is 16.3 Å². The Hall–Kier alpha value is -2.44. The maximum absolute atomic E-state index is 13.2. The Balaban J connectivity index is 1.44. The lowest BCUT2D eigenvalue weighted by Crippen LogP contribution is -2.39. The van der Waals surface area contributed by atoms with Crippen molar-refractivity contribution >= 4 is 31.9 Å². The van der Waals surface area contributed by atoms with Crippen LogP contribution in [0.4, 0.5) is 0 Å². The van der Waals surface area contributed by atoms with Gasteiger partial charge >= 0.3 is 0 Å². The molecule has 2 N–H and O–H groups in total. The molecule has 0 spiro atoms. The third-order valence-electron chi connectivity index (χ3n) is 6.96. The molecule has 0 aromatic heterocycles. The van der Waals surface area contributed by atoms with Gasteiger partial charge in [0.25, 0.3) is 5.91 Å². The third-order valence-corrected chi connectivity index (χ3v) is 9.40. The summed E-state index contributed by atoms with van der Waals surface area (Å²) >= 11 is 3.46. The van der Waals surface area contributed by atoms with Crippen molar-refractivity contribution in [3.8, 4) is 5.75 Å². The summed E-state index contributed by atoms with van der Waals surface area (Å²) in [5, 5.41) is 12.6. The number of carbonyl (C=O) groups is 1. The minimum atomic E-state index is -3.87. The molecule has 0 unspecified atom stereocenters. The molecule has 1 aliphatic heterocycles. The fraction of sp³-hybridized carbons (Fsp3) is 0.464. The van der Waals surface area contributed by atoms with Gasteiger partial charge in [-0.2, -0.15) is 4.31 Å². The van der Waals surface area contributed by atoms with E-state index in [1.807, 2.05) is 30.3 Å². The monoisotopic (exact) mass is 622 g/mol. The zero-order valence-corrected chi connectivity index (χ0v) is 24.3. The lowest BCUT2D eigenvalue weighted by Gasteiger charge is -2.30. The van der Waals surface area contributed by atoms with Crippen molar-refractivity contribution in [1.29, 1.82) is 0 Å². The molecular weight excluding hydrogens is 588 g/mol. The van der Waals surface area contributed by atoms with E-state index in [0.29, 0.717) is 12.2 Å². The van der Waals surface area contributed by atoms with Crippen LogP contribution in [0.5, 0.6) is 5.75 Å². The molecule has 1 saturated carbocycles. The topological polar surface area (TPSA) is 114 Å². The molecule has 9 nitrogen and oxygen atoms in total. The molecular formula is C28H35BrN2O7S. The van der Waals surface area contributed by atoms with E-state index in [1.165, 1.54) is 23.5 Å². The molecule has 2 atom stereocenters. The number of sulfonamides is 1. The van der Waals surface area contributed by atoms with E-state index < -0.39 is 16.3 Å². The number of methoxy groups -OCH3 is 1. The van der Waals surface area contributed by atoms with Gasteiger partial charge in [-0.05, 0) is 60.9 Å². The summed E-state index contributed by atoms with van der Waals surface area (Å²) in [5.74, 6) is 0.379. The summed E-state index contributed by atoms with van der Waals surface area (Å²) in [5.41, 5.74) is 1.02. The van der Waals surface area contributed by atoms with Crippen LogP contribution in [0.3, 0.4) is 0 Å². The third kappa shape index (κ3) is 7.82. The number of rotatable bonds is 12. The van der Waals surface area contributed by atoms with Gasteiger partial charge in [0.15, 0.2) is 5.76 Å². The molecule has 212 valence electrons. The first-order chi connectivity index (χ1) is 18.8. The van der Waals surface area contributed by atoms with Crippen molar-refractivity contribution in [2.24, 2.45) is 0 Å². The minimum Gasteiger partial charge on any atom is -0.497 e. The number of hydrogen-bond acceptors (Lipinski definition) is 7. The van der Waals surface area contributed by atoms with Crippen LogP contribution in [0.15, 0.2) is 69.7 Å². The average molecular weight is 624 g/mol. The van der Waals surface area contributed by atoms with E-state index in [4.69, 9.17) is 14.2 Å². The van der Waals surface area contributed by atoms with Crippen LogP contribution >= 0.6 is 15.9 Å². The van der Waals surface area contributed by atoms with Crippen molar-refractivity contribution in [1.82, 2.24) is 9.62 Å². The summed E-state index contributed by atoms with van der Waals surface area (Å²) in [4.78, 5) is 13.1. The molecule has 1 amide bonds. The zero-order chi connectivity index (χ0) is 27.8. The second-order valence-corrected chi connectivity index (χ2v) is 12.5. The van der Waals surface area contributed by atoms with Crippen molar-refractivity contribution in [3.63, 3.8) is 0 Å². The lowest BCUT2D eigenvalue weighted by atomic mass is 9.93. The van der Waals surface area contributed by atoms with Crippen LogP contribution in [0.25, 0.3) is 0 Å². The molecule has 1 heterocycles. The van der Waals surface area contributed by atoms with Crippen molar-refractivity contribution in [2.75, 3.05) is 33.4 Å². The van der Waals surface area contributed by atoms with Gasteiger partial charge in [0, 0.05) is 35.9 Å². The maximum Gasteiger partial charge on any atom is 0.286 e. The Morgan fingerprint density at radius 1 is 1.10 bits per heavy atom. The molecule has 11 heteroatoms. The minimum absolute atomic E-state index is 0.00501. The van der Waals surface area contributed by atoms with Crippen LogP contribution in [0.2, 0.25) is 0 Å². The Morgan fingerprint density at radius 2 is 1.79 bits per heavy atom. The van der Waals surface area contributed by atoms with Gasteiger partial charge < -0.3 is 24.6 Å². The summed E-state index contributed by atoms with van der Waals surface area (Å²) in [6.45, 7) is -0.398. The number of carbonyl (C=O) groups excluding carboxylic acids is 1. The van der Waals surface area contributed by atoms with Gasteiger partial charge in [-0.25, -0.2) is 8.42 Å². The van der Waals surface area contributed by atoms with Gasteiger partial charge in [0.1, 0.15) is 5.75 Å². The molecule has 2 aliphatic rings. The fourth-order valence-corrected chi connectivity index (χ4v) is 6.51. The van der Waals surface area contributed by atoms with Gasteiger partial charge in [-0.15, -0.1) is 0 Å². The summed E-state index contributed by atoms with van der Waals surface area (Å²) < 4.78 is 45.6. The van der Waals surface area contributed by atoms with Crippen molar-refractivity contribution < 1.29 is 32.5 Å². The number of ether oxygens (including phenoxy) is 3. The Morgan fingerprint density at radius 3 is 2.44 bits per heavy atom. The highest BCUT2D eigenvalue weighted by atomic mass is 79.9. The molecule has 4 rings (SSSR count). The highest BCUT2D eigenvalue weighted by Crippen LogP contribution is 2.32. The number of amides is 1. The Labute approximate surface area is 238 Å². The zero-order valence-electron chi connectivity index (χ0n) is 21.9. The van der Waals surface area contributed by atoms with Gasteiger partial charge in [-0.3, -0.25) is 4.79 Å². The summed E-state index contributed by atoms with van der Waals surface area (Å²) in [6, 6.07) is 14.1. The van der Waals surface area contributed by atoms with E-state index in [9.17, 15) is 18.3 Å². The van der Waals surface area contributed by atoms with Crippen molar-refractivity contribution in [2.45, 2.75) is 55.2 Å². The molecule has 2 aromatic rings. The second-order valence-electron chi connectivity index (χ2n) is 9.60. The van der Waals surface area contributed by atoms with E-state index in [1.54, 1.807) is 12.1 Å². The maximum atomic E-state index is 13.2. The van der Waals surface area contributed by atoms with Gasteiger partial charge in [0.05, 0.1) is 25.2 Å². The van der Waals surface area contributed by atoms with E-state index in [2.05, 4.69) is 21.2 Å². The second kappa shape index (κ2) is 13.8. The first-order valence-electron chi connectivity index (χ1n) is 13.1. The highest BCUT2D eigenvalue weighted by molar-refractivity contribution is 9.10. The van der Waals surface area contributed by atoms with E-state index in [-0.39, 0.29) is 54.8 Å². The number of nitrogens with one attached hydrogen (secondary N) is 1. The predicted octanol–water partition coefficient (Wildman–Crippen LogP) is 3.93. The smallest absolute Gasteiger partial charge is 0.286 e. The first-order valence-corrected chi connectivity index (χ1v) is 15.3. The Kier molecular flexibility index (Phi) is 10.4. The quantitative estimate of drug-likeness (QED) is 0.369.